The number of carbonyl (C=O) groups is 1. The van der Waals surface area contributed by atoms with Crippen LogP contribution in [0.15, 0.2) is 18.5 Å². The lowest BCUT2D eigenvalue weighted by Crippen LogP contribution is -2.45. The predicted molar refractivity (Wildman–Crippen MR) is 58.7 cm³/mol. The van der Waals surface area contributed by atoms with Gasteiger partial charge < -0.3 is 5.73 Å². The Morgan fingerprint density at radius 2 is 2.07 bits per heavy atom. The zero-order valence-electron chi connectivity index (χ0n) is 8.99. The molecule has 0 aliphatic heterocycles. The lowest BCUT2D eigenvalue weighted by atomic mass is 9.89. The zero-order valence-corrected chi connectivity index (χ0v) is 8.99. The van der Waals surface area contributed by atoms with Crippen LogP contribution in [0.1, 0.15) is 41.6 Å². The second-order valence-electron chi connectivity index (χ2n) is 4.44. The average Bonchev–Trinajstić information content (AvgIpc) is 2.65. The van der Waals surface area contributed by atoms with Crippen molar-refractivity contribution in [3.8, 4) is 0 Å². The van der Waals surface area contributed by atoms with Gasteiger partial charge in [-0.2, -0.15) is 0 Å². The smallest absolute Gasteiger partial charge is 0.184 e. The van der Waals surface area contributed by atoms with Crippen molar-refractivity contribution in [2.75, 3.05) is 0 Å². The minimum atomic E-state index is -0.629. The Bertz CT molecular complexity index is 381. The maximum absolute atomic E-state index is 12.2. The Morgan fingerprint density at radius 1 is 1.40 bits per heavy atom. The zero-order chi connectivity index (χ0) is 10.9. The molecule has 15 heavy (non-hydrogen) atoms. The average molecular weight is 204 g/mol. The van der Waals surface area contributed by atoms with Crippen molar-refractivity contribution in [2.45, 2.75) is 38.1 Å². The van der Waals surface area contributed by atoms with E-state index in [1.807, 2.05) is 13.0 Å². The third-order valence-corrected chi connectivity index (χ3v) is 3.09. The minimum Gasteiger partial charge on any atom is -0.319 e. The third kappa shape index (κ3) is 1.92. The topological polar surface area (TPSA) is 56.0 Å². The first-order chi connectivity index (χ1) is 7.12. The normalized spacial score (nSPS) is 19.1. The highest BCUT2D eigenvalue weighted by Crippen LogP contribution is 2.30. The van der Waals surface area contributed by atoms with Crippen LogP contribution in [0.5, 0.6) is 0 Å². The molecule has 0 unspecified atom stereocenters. The number of pyridine rings is 1. The largest absolute Gasteiger partial charge is 0.319 e. The van der Waals surface area contributed by atoms with Crippen molar-refractivity contribution >= 4 is 5.78 Å². The summed E-state index contributed by atoms with van der Waals surface area (Å²) in [5, 5.41) is 0. The molecule has 1 heterocycles. The number of aromatic nitrogens is 1. The van der Waals surface area contributed by atoms with Gasteiger partial charge in [-0.05, 0) is 31.4 Å². The van der Waals surface area contributed by atoms with Crippen LogP contribution in [-0.4, -0.2) is 16.3 Å². The molecule has 0 spiro atoms. The SMILES string of the molecule is Cc1cncc(C(=O)C2(N)CCCC2)c1. The maximum Gasteiger partial charge on any atom is 0.184 e. The van der Waals surface area contributed by atoms with Crippen LogP contribution in [0, 0.1) is 6.92 Å². The molecule has 0 atom stereocenters. The number of aryl methyl sites for hydroxylation is 1. The van der Waals surface area contributed by atoms with E-state index in [9.17, 15) is 4.79 Å². The van der Waals surface area contributed by atoms with Crippen LogP contribution in [0.25, 0.3) is 0 Å². The lowest BCUT2D eigenvalue weighted by Gasteiger charge is -2.21. The van der Waals surface area contributed by atoms with Gasteiger partial charge in [-0.3, -0.25) is 9.78 Å². The number of ketones is 1. The fraction of sp³-hybridized carbons (Fsp3) is 0.500. The van der Waals surface area contributed by atoms with Crippen LogP contribution in [0.4, 0.5) is 0 Å². The fourth-order valence-corrected chi connectivity index (χ4v) is 2.20. The summed E-state index contributed by atoms with van der Waals surface area (Å²) in [7, 11) is 0. The van der Waals surface area contributed by atoms with Crippen molar-refractivity contribution in [3.05, 3.63) is 29.6 Å². The van der Waals surface area contributed by atoms with Crippen LogP contribution in [0.2, 0.25) is 0 Å². The van der Waals surface area contributed by atoms with Gasteiger partial charge in [0.15, 0.2) is 5.78 Å². The highest BCUT2D eigenvalue weighted by atomic mass is 16.1. The third-order valence-electron chi connectivity index (χ3n) is 3.09. The fourth-order valence-electron chi connectivity index (χ4n) is 2.20. The summed E-state index contributed by atoms with van der Waals surface area (Å²) in [6.07, 6.45) is 7.08. The van der Waals surface area contributed by atoms with Crippen molar-refractivity contribution < 1.29 is 4.79 Å². The molecule has 1 aliphatic rings. The van der Waals surface area contributed by atoms with E-state index in [4.69, 9.17) is 5.73 Å². The van der Waals surface area contributed by atoms with Crippen molar-refractivity contribution in [1.29, 1.82) is 0 Å². The van der Waals surface area contributed by atoms with E-state index < -0.39 is 5.54 Å². The molecule has 3 heteroatoms. The van der Waals surface area contributed by atoms with E-state index in [-0.39, 0.29) is 5.78 Å². The summed E-state index contributed by atoms with van der Waals surface area (Å²) < 4.78 is 0. The first-order valence-corrected chi connectivity index (χ1v) is 5.37. The second-order valence-corrected chi connectivity index (χ2v) is 4.44. The molecule has 0 aromatic carbocycles. The lowest BCUT2D eigenvalue weighted by molar-refractivity contribution is 0.0891. The van der Waals surface area contributed by atoms with Gasteiger partial charge in [-0.1, -0.05) is 12.8 Å². The van der Waals surface area contributed by atoms with E-state index in [1.165, 1.54) is 0 Å². The quantitative estimate of drug-likeness (QED) is 0.748. The Labute approximate surface area is 89.7 Å². The summed E-state index contributed by atoms with van der Waals surface area (Å²) >= 11 is 0. The molecule has 3 nitrogen and oxygen atoms in total. The van der Waals surface area contributed by atoms with Crippen molar-refractivity contribution in [2.24, 2.45) is 5.73 Å². The molecule has 0 radical (unpaired) electrons. The number of hydrogen-bond acceptors (Lipinski definition) is 3. The van der Waals surface area contributed by atoms with E-state index in [2.05, 4.69) is 4.98 Å². The second kappa shape index (κ2) is 3.74. The molecule has 1 fully saturated rings. The molecule has 0 bridgehead atoms. The van der Waals surface area contributed by atoms with Crippen LogP contribution < -0.4 is 5.73 Å². The molecule has 2 N–H and O–H groups in total. The number of rotatable bonds is 2. The standard InChI is InChI=1S/C12H16N2O/c1-9-6-10(8-14-7-9)11(15)12(13)4-2-3-5-12/h6-8H,2-5,13H2,1H3. The van der Waals surface area contributed by atoms with Crippen molar-refractivity contribution in [3.63, 3.8) is 0 Å². The van der Waals surface area contributed by atoms with Crippen LogP contribution in [-0.2, 0) is 0 Å². The van der Waals surface area contributed by atoms with Gasteiger partial charge in [-0.15, -0.1) is 0 Å². The maximum atomic E-state index is 12.2. The molecule has 1 aromatic heterocycles. The summed E-state index contributed by atoms with van der Waals surface area (Å²) in [5.41, 5.74) is 7.13. The van der Waals surface area contributed by atoms with E-state index in [0.29, 0.717) is 5.56 Å². The van der Waals surface area contributed by atoms with Gasteiger partial charge in [0.1, 0.15) is 0 Å². The van der Waals surface area contributed by atoms with Gasteiger partial charge >= 0.3 is 0 Å². The monoisotopic (exact) mass is 204 g/mol. The molecule has 0 saturated heterocycles. The number of hydrogen-bond donors (Lipinski definition) is 1. The van der Waals surface area contributed by atoms with E-state index >= 15 is 0 Å². The number of Topliss-reactive ketones (excluding diaryl/α,β-unsaturated/α-hetero) is 1. The Kier molecular flexibility index (Phi) is 2.57. The minimum absolute atomic E-state index is 0.0520. The Balaban J connectivity index is 2.27. The first-order valence-electron chi connectivity index (χ1n) is 5.37. The van der Waals surface area contributed by atoms with Crippen LogP contribution in [0.3, 0.4) is 0 Å². The molecule has 1 aliphatic carbocycles. The molecule has 1 aromatic rings. The summed E-state index contributed by atoms with van der Waals surface area (Å²) in [6.45, 7) is 1.93. The van der Waals surface area contributed by atoms with E-state index in [1.54, 1.807) is 12.4 Å². The van der Waals surface area contributed by atoms with Crippen molar-refractivity contribution in [1.82, 2.24) is 4.98 Å². The molecule has 0 amide bonds. The molecule has 1 saturated carbocycles. The van der Waals surface area contributed by atoms with Gasteiger partial charge in [0.25, 0.3) is 0 Å². The first kappa shape index (κ1) is 10.3. The Hall–Kier alpha value is -1.22. The molecular weight excluding hydrogens is 188 g/mol. The summed E-state index contributed by atoms with van der Waals surface area (Å²) in [6, 6.07) is 1.86. The van der Waals surface area contributed by atoms with Gasteiger partial charge in [0, 0.05) is 18.0 Å². The van der Waals surface area contributed by atoms with E-state index in [0.717, 1.165) is 31.2 Å². The highest BCUT2D eigenvalue weighted by Gasteiger charge is 2.37. The van der Waals surface area contributed by atoms with Gasteiger partial charge in [0.05, 0.1) is 5.54 Å². The number of carbonyl (C=O) groups excluding carboxylic acids is 1. The molecule has 2 rings (SSSR count). The molecule has 80 valence electrons. The number of nitrogens with two attached hydrogens (primary N) is 1. The highest BCUT2D eigenvalue weighted by molar-refractivity contribution is 6.03. The van der Waals surface area contributed by atoms with Crippen LogP contribution >= 0.6 is 0 Å². The number of nitrogens with zero attached hydrogens (tertiary/aromatic N) is 1. The van der Waals surface area contributed by atoms with Gasteiger partial charge in [0.2, 0.25) is 0 Å². The predicted octanol–water partition coefficient (Wildman–Crippen LogP) is 1.84. The molecular formula is C12H16N2O. The summed E-state index contributed by atoms with van der Waals surface area (Å²) in [4.78, 5) is 16.2. The Morgan fingerprint density at radius 3 is 2.67 bits per heavy atom. The van der Waals surface area contributed by atoms with Gasteiger partial charge in [-0.25, -0.2) is 0 Å². The summed E-state index contributed by atoms with van der Waals surface area (Å²) in [5.74, 6) is 0.0520.